The Morgan fingerprint density at radius 2 is 2.05 bits per heavy atom. The van der Waals surface area contributed by atoms with Gasteiger partial charge in [-0.1, -0.05) is 35.9 Å². The molecule has 0 fully saturated rings. The van der Waals surface area contributed by atoms with Gasteiger partial charge in [0, 0.05) is 4.47 Å². The lowest BCUT2D eigenvalue weighted by Gasteiger charge is -2.15. The molecule has 2 nitrogen and oxygen atoms in total. The molecule has 1 aliphatic carbocycles. The van der Waals surface area contributed by atoms with Gasteiger partial charge in [0.1, 0.15) is 0 Å². The first kappa shape index (κ1) is 13.4. The van der Waals surface area contributed by atoms with Gasteiger partial charge in [-0.3, -0.25) is 4.79 Å². The summed E-state index contributed by atoms with van der Waals surface area (Å²) in [7, 11) is 0. The lowest BCUT2D eigenvalue weighted by molar-refractivity contribution is 0.0936. The Morgan fingerprint density at radius 1 is 1.25 bits per heavy atom. The van der Waals surface area contributed by atoms with Gasteiger partial charge in [0.05, 0.1) is 11.6 Å². The molecule has 3 rings (SSSR count). The van der Waals surface area contributed by atoms with E-state index in [0.29, 0.717) is 5.56 Å². The molecule has 0 spiro atoms. The summed E-state index contributed by atoms with van der Waals surface area (Å²) in [5, 5.41) is 3.15. The minimum Gasteiger partial charge on any atom is -0.345 e. The normalized spacial score (nSPS) is 16.8. The summed E-state index contributed by atoms with van der Waals surface area (Å²) in [6.07, 6.45) is 2.02. The highest BCUT2D eigenvalue weighted by molar-refractivity contribution is 9.10. The lowest BCUT2D eigenvalue weighted by Crippen LogP contribution is -2.27. The van der Waals surface area contributed by atoms with Crippen molar-refractivity contribution < 1.29 is 4.79 Å². The molecule has 1 aliphatic rings. The molecule has 0 saturated carbocycles. The van der Waals surface area contributed by atoms with Crippen molar-refractivity contribution in [2.45, 2.75) is 25.8 Å². The summed E-state index contributed by atoms with van der Waals surface area (Å²) >= 11 is 3.45. The van der Waals surface area contributed by atoms with Gasteiger partial charge in [-0.15, -0.1) is 0 Å². The van der Waals surface area contributed by atoms with Crippen LogP contribution < -0.4 is 5.32 Å². The van der Waals surface area contributed by atoms with Crippen molar-refractivity contribution in [1.29, 1.82) is 0 Å². The number of benzene rings is 2. The highest BCUT2D eigenvalue weighted by Gasteiger charge is 2.24. The van der Waals surface area contributed by atoms with Crippen LogP contribution in [-0.4, -0.2) is 5.91 Å². The number of carbonyl (C=O) groups excluding carboxylic acids is 1. The van der Waals surface area contributed by atoms with E-state index >= 15 is 0 Å². The summed E-state index contributed by atoms with van der Waals surface area (Å²) in [5.74, 6) is -0.0118. The van der Waals surface area contributed by atoms with E-state index in [1.54, 1.807) is 0 Å². The first-order valence-electron chi connectivity index (χ1n) is 6.80. The summed E-state index contributed by atoms with van der Waals surface area (Å²) < 4.78 is 0.840. The molecule has 3 heteroatoms. The Labute approximate surface area is 127 Å². The Balaban J connectivity index is 1.82. The fourth-order valence-corrected chi connectivity index (χ4v) is 3.18. The third kappa shape index (κ3) is 2.50. The average molecular weight is 330 g/mol. The van der Waals surface area contributed by atoms with Crippen LogP contribution in [0.25, 0.3) is 0 Å². The monoisotopic (exact) mass is 329 g/mol. The van der Waals surface area contributed by atoms with Crippen molar-refractivity contribution in [1.82, 2.24) is 5.32 Å². The topological polar surface area (TPSA) is 29.1 Å². The van der Waals surface area contributed by atoms with E-state index < -0.39 is 0 Å². The molecule has 20 heavy (non-hydrogen) atoms. The molecule has 0 aromatic heterocycles. The second kappa shape index (κ2) is 5.41. The molecule has 0 aliphatic heterocycles. The number of amides is 1. The quantitative estimate of drug-likeness (QED) is 0.880. The van der Waals surface area contributed by atoms with Crippen molar-refractivity contribution in [3.8, 4) is 0 Å². The molecule has 102 valence electrons. The van der Waals surface area contributed by atoms with Crippen LogP contribution in [0.4, 0.5) is 0 Å². The summed E-state index contributed by atoms with van der Waals surface area (Å²) in [4.78, 5) is 12.4. The fraction of sp³-hybridized carbons (Fsp3) is 0.235. The lowest BCUT2D eigenvalue weighted by atomic mass is 10.1. The minimum atomic E-state index is -0.0118. The number of rotatable bonds is 2. The number of nitrogens with one attached hydrogen (secondary N) is 1. The van der Waals surface area contributed by atoms with Crippen LogP contribution in [0.3, 0.4) is 0 Å². The molecule has 1 unspecified atom stereocenters. The van der Waals surface area contributed by atoms with E-state index in [2.05, 4.69) is 39.4 Å². The van der Waals surface area contributed by atoms with E-state index in [4.69, 9.17) is 0 Å². The summed E-state index contributed by atoms with van der Waals surface area (Å²) in [6.45, 7) is 1.99. The SMILES string of the molecule is Cc1ccc(Br)c(C(=O)NC2CCc3ccccc32)c1. The number of hydrogen-bond acceptors (Lipinski definition) is 1. The molecular formula is C17H16BrNO. The molecule has 0 heterocycles. The zero-order chi connectivity index (χ0) is 14.1. The number of halogens is 1. The molecule has 2 aromatic carbocycles. The highest BCUT2D eigenvalue weighted by Crippen LogP contribution is 2.31. The van der Waals surface area contributed by atoms with Crippen LogP contribution in [-0.2, 0) is 6.42 Å². The Hall–Kier alpha value is -1.61. The van der Waals surface area contributed by atoms with Crippen molar-refractivity contribution in [3.05, 3.63) is 69.2 Å². The van der Waals surface area contributed by atoms with Gasteiger partial charge in [0.25, 0.3) is 5.91 Å². The average Bonchev–Trinajstić information content (AvgIpc) is 2.85. The molecule has 1 amide bonds. The Bertz CT molecular complexity index is 666. The summed E-state index contributed by atoms with van der Waals surface area (Å²) in [6, 6.07) is 14.3. The standard InChI is InChI=1S/C17H16BrNO/c1-11-6-8-15(18)14(10-11)17(20)19-16-9-7-12-4-2-3-5-13(12)16/h2-6,8,10,16H,7,9H2,1H3,(H,19,20). The number of hydrogen-bond donors (Lipinski definition) is 1. The largest absolute Gasteiger partial charge is 0.345 e. The van der Waals surface area contributed by atoms with Crippen LogP contribution in [0.1, 0.15) is 39.5 Å². The fourth-order valence-electron chi connectivity index (χ4n) is 2.76. The first-order valence-corrected chi connectivity index (χ1v) is 7.59. The van der Waals surface area contributed by atoms with Crippen LogP contribution in [0, 0.1) is 6.92 Å². The minimum absolute atomic E-state index is 0.0118. The second-order valence-electron chi connectivity index (χ2n) is 5.25. The van der Waals surface area contributed by atoms with Crippen LogP contribution in [0.2, 0.25) is 0 Å². The molecule has 0 radical (unpaired) electrons. The maximum atomic E-state index is 12.4. The Morgan fingerprint density at radius 3 is 2.90 bits per heavy atom. The van der Waals surface area contributed by atoms with Gasteiger partial charge in [-0.2, -0.15) is 0 Å². The first-order chi connectivity index (χ1) is 9.65. The Kier molecular flexibility index (Phi) is 3.62. The number of fused-ring (bicyclic) bond motifs is 1. The molecule has 0 saturated heterocycles. The van der Waals surface area contributed by atoms with Crippen molar-refractivity contribution in [2.75, 3.05) is 0 Å². The molecule has 0 bridgehead atoms. The summed E-state index contributed by atoms with van der Waals surface area (Å²) in [5.41, 5.74) is 4.39. The smallest absolute Gasteiger partial charge is 0.252 e. The predicted octanol–water partition coefficient (Wildman–Crippen LogP) is 4.17. The van der Waals surface area contributed by atoms with E-state index in [-0.39, 0.29) is 11.9 Å². The highest BCUT2D eigenvalue weighted by atomic mass is 79.9. The van der Waals surface area contributed by atoms with Crippen LogP contribution in [0.5, 0.6) is 0 Å². The zero-order valence-corrected chi connectivity index (χ0v) is 12.9. The van der Waals surface area contributed by atoms with Crippen molar-refractivity contribution in [3.63, 3.8) is 0 Å². The van der Waals surface area contributed by atoms with Gasteiger partial charge in [0.15, 0.2) is 0 Å². The number of carbonyl (C=O) groups is 1. The number of aryl methyl sites for hydroxylation is 2. The van der Waals surface area contributed by atoms with E-state index in [0.717, 1.165) is 22.9 Å². The van der Waals surface area contributed by atoms with Crippen molar-refractivity contribution >= 4 is 21.8 Å². The molecule has 1 atom stereocenters. The van der Waals surface area contributed by atoms with Crippen LogP contribution in [0.15, 0.2) is 46.9 Å². The predicted molar refractivity (Wildman–Crippen MR) is 83.8 cm³/mol. The third-order valence-electron chi connectivity index (χ3n) is 3.80. The van der Waals surface area contributed by atoms with E-state index in [1.807, 2.05) is 31.2 Å². The van der Waals surface area contributed by atoms with E-state index in [1.165, 1.54) is 11.1 Å². The second-order valence-corrected chi connectivity index (χ2v) is 6.10. The van der Waals surface area contributed by atoms with E-state index in [9.17, 15) is 4.79 Å². The molecular weight excluding hydrogens is 314 g/mol. The van der Waals surface area contributed by atoms with Crippen molar-refractivity contribution in [2.24, 2.45) is 0 Å². The molecule has 2 aromatic rings. The maximum Gasteiger partial charge on any atom is 0.252 e. The van der Waals surface area contributed by atoms with Gasteiger partial charge in [0.2, 0.25) is 0 Å². The zero-order valence-electron chi connectivity index (χ0n) is 11.3. The van der Waals surface area contributed by atoms with Gasteiger partial charge in [-0.25, -0.2) is 0 Å². The van der Waals surface area contributed by atoms with Gasteiger partial charge < -0.3 is 5.32 Å². The van der Waals surface area contributed by atoms with Gasteiger partial charge in [-0.05, 0) is 59.0 Å². The molecule has 1 N–H and O–H groups in total. The third-order valence-corrected chi connectivity index (χ3v) is 4.50. The maximum absolute atomic E-state index is 12.4. The van der Waals surface area contributed by atoms with Crippen LogP contribution >= 0.6 is 15.9 Å². The van der Waals surface area contributed by atoms with Gasteiger partial charge >= 0.3 is 0 Å².